The van der Waals surface area contributed by atoms with Gasteiger partial charge in [0.2, 0.25) is 11.8 Å². The molecule has 0 radical (unpaired) electrons. The maximum absolute atomic E-state index is 13.4. The molecule has 1 atom stereocenters. The van der Waals surface area contributed by atoms with E-state index >= 15 is 0 Å². The molecule has 5 nitrogen and oxygen atoms in total. The molecule has 1 heterocycles. The molecule has 3 aromatic carbocycles. The minimum Gasteiger partial charge on any atom is -0.355 e. The molecule has 34 heavy (non-hydrogen) atoms. The van der Waals surface area contributed by atoms with Crippen molar-refractivity contribution in [3.8, 4) is 0 Å². The van der Waals surface area contributed by atoms with Gasteiger partial charge in [0, 0.05) is 19.5 Å². The van der Waals surface area contributed by atoms with Crippen molar-refractivity contribution in [2.75, 3.05) is 13.1 Å². The Bertz CT molecular complexity index is 1140. The van der Waals surface area contributed by atoms with Crippen molar-refractivity contribution in [3.63, 3.8) is 0 Å². The monoisotopic (exact) mass is 475 g/mol. The fraction of sp³-hybridized carbons (Fsp3) is 0.222. The summed E-state index contributed by atoms with van der Waals surface area (Å²) in [5, 5.41) is 2.85. The van der Waals surface area contributed by atoms with Crippen LogP contribution >= 0.6 is 11.8 Å². The molecule has 0 saturated carbocycles. The zero-order chi connectivity index (χ0) is 23.8. The SMILES string of the molecule is O=C(NCCc1ccccc1)[C@@H]1CC(=O)N(CCc2ccccc2)C(=Nc2ccc(F)cc2)S1. The summed E-state index contributed by atoms with van der Waals surface area (Å²) < 4.78 is 13.4. The molecule has 1 fully saturated rings. The first-order valence-corrected chi connectivity index (χ1v) is 12.1. The Morgan fingerprint density at radius 1 is 0.941 bits per heavy atom. The number of benzene rings is 3. The van der Waals surface area contributed by atoms with Crippen LogP contribution in [0.15, 0.2) is 89.9 Å². The van der Waals surface area contributed by atoms with E-state index in [2.05, 4.69) is 10.3 Å². The van der Waals surface area contributed by atoms with Crippen molar-refractivity contribution >= 4 is 34.4 Å². The number of hydrogen-bond donors (Lipinski definition) is 1. The van der Waals surface area contributed by atoms with Gasteiger partial charge < -0.3 is 5.32 Å². The van der Waals surface area contributed by atoms with Gasteiger partial charge in [-0.15, -0.1) is 0 Å². The van der Waals surface area contributed by atoms with Crippen LogP contribution in [-0.2, 0) is 22.4 Å². The lowest BCUT2D eigenvalue weighted by atomic mass is 10.1. The lowest BCUT2D eigenvalue weighted by Crippen LogP contribution is -2.47. The number of aliphatic imine (C=N–C) groups is 1. The molecule has 4 rings (SSSR count). The summed E-state index contributed by atoms with van der Waals surface area (Å²) in [5.74, 6) is -0.671. The molecular formula is C27H26FN3O2S. The summed E-state index contributed by atoms with van der Waals surface area (Å²) in [6.45, 7) is 0.953. The number of amidine groups is 1. The largest absolute Gasteiger partial charge is 0.355 e. The summed E-state index contributed by atoms with van der Waals surface area (Å²) in [7, 11) is 0. The second kappa shape index (κ2) is 11.6. The summed E-state index contributed by atoms with van der Waals surface area (Å²) in [6, 6.07) is 25.6. The van der Waals surface area contributed by atoms with Gasteiger partial charge in [0.05, 0.1) is 10.9 Å². The van der Waals surface area contributed by atoms with Gasteiger partial charge in [0.25, 0.3) is 0 Å². The number of nitrogens with zero attached hydrogens (tertiary/aromatic N) is 2. The van der Waals surface area contributed by atoms with Crippen LogP contribution in [0.1, 0.15) is 17.5 Å². The minimum atomic E-state index is -0.560. The number of carbonyl (C=O) groups is 2. The van der Waals surface area contributed by atoms with Crippen molar-refractivity contribution in [1.29, 1.82) is 0 Å². The highest BCUT2D eigenvalue weighted by Gasteiger charge is 2.35. The molecule has 0 aliphatic carbocycles. The van der Waals surface area contributed by atoms with E-state index in [1.807, 2.05) is 60.7 Å². The molecule has 174 valence electrons. The van der Waals surface area contributed by atoms with Crippen molar-refractivity contribution < 1.29 is 14.0 Å². The van der Waals surface area contributed by atoms with Gasteiger partial charge >= 0.3 is 0 Å². The van der Waals surface area contributed by atoms with Crippen LogP contribution in [0.2, 0.25) is 0 Å². The van der Waals surface area contributed by atoms with Gasteiger partial charge in [0.15, 0.2) is 5.17 Å². The predicted octanol–water partition coefficient (Wildman–Crippen LogP) is 4.75. The predicted molar refractivity (Wildman–Crippen MR) is 135 cm³/mol. The van der Waals surface area contributed by atoms with E-state index in [1.165, 1.54) is 23.9 Å². The molecule has 1 aliphatic heterocycles. The second-order valence-electron chi connectivity index (χ2n) is 7.99. The molecule has 0 unspecified atom stereocenters. The van der Waals surface area contributed by atoms with E-state index in [0.29, 0.717) is 30.4 Å². The Kier molecular flexibility index (Phi) is 8.09. The number of halogens is 1. The summed E-state index contributed by atoms with van der Waals surface area (Å²) in [5.41, 5.74) is 2.79. The zero-order valence-corrected chi connectivity index (χ0v) is 19.5. The molecule has 1 saturated heterocycles. The van der Waals surface area contributed by atoms with E-state index in [1.54, 1.807) is 17.0 Å². The Morgan fingerprint density at radius 3 is 2.21 bits per heavy atom. The topological polar surface area (TPSA) is 61.8 Å². The Hall–Kier alpha value is -3.45. The van der Waals surface area contributed by atoms with Crippen LogP contribution in [0, 0.1) is 5.82 Å². The number of hydrogen-bond acceptors (Lipinski definition) is 4. The van der Waals surface area contributed by atoms with Crippen LogP contribution in [-0.4, -0.2) is 40.2 Å². The van der Waals surface area contributed by atoms with Crippen LogP contribution in [0.5, 0.6) is 0 Å². The normalized spacial score (nSPS) is 17.1. The number of amides is 2. The fourth-order valence-electron chi connectivity index (χ4n) is 3.66. The van der Waals surface area contributed by atoms with Crippen LogP contribution in [0.4, 0.5) is 10.1 Å². The number of thioether (sulfide) groups is 1. The van der Waals surface area contributed by atoms with E-state index < -0.39 is 5.25 Å². The van der Waals surface area contributed by atoms with Gasteiger partial charge in [-0.1, -0.05) is 72.4 Å². The highest BCUT2D eigenvalue weighted by Crippen LogP contribution is 2.29. The smallest absolute Gasteiger partial charge is 0.234 e. The average Bonchev–Trinajstić information content (AvgIpc) is 2.86. The summed E-state index contributed by atoms with van der Waals surface area (Å²) >= 11 is 1.28. The quantitative estimate of drug-likeness (QED) is 0.512. The Balaban J connectivity index is 1.46. The van der Waals surface area contributed by atoms with Crippen molar-refractivity contribution in [3.05, 3.63) is 102 Å². The first kappa shape index (κ1) is 23.7. The minimum absolute atomic E-state index is 0.110. The maximum Gasteiger partial charge on any atom is 0.234 e. The Morgan fingerprint density at radius 2 is 1.56 bits per heavy atom. The first-order valence-electron chi connectivity index (χ1n) is 11.3. The van der Waals surface area contributed by atoms with Gasteiger partial charge in [-0.3, -0.25) is 14.5 Å². The van der Waals surface area contributed by atoms with Gasteiger partial charge in [-0.05, 0) is 48.2 Å². The van der Waals surface area contributed by atoms with Gasteiger partial charge in [-0.25, -0.2) is 9.38 Å². The molecule has 1 N–H and O–H groups in total. The highest BCUT2D eigenvalue weighted by atomic mass is 32.2. The highest BCUT2D eigenvalue weighted by molar-refractivity contribution is 8.15. The molecule has 1 aliphatic rings. The van der Waals surface area contributed by atoms with Gasteiger partial charge in [0.1, 0.15) is 5.82 Å². The maximum atomic E-state index is 13.4. The lowest BCUT2D eigenvalue weighted by Gasteiger charge is -2.32. The average molecular weight is 476 g/mol. The van der Waals surface area contributed by atoms with E-state index in [0.717, 1.165) is 17.5 Å². The third-order valence-electron chi connectivity index (χ3n) is 5.51. The van der Waals surface area contributed by atoms with Crippen LogP contribution in [0.3, 0.4) is 0 Å². The number of rotatable bonds is 8. The third kappa shape index (κ3) is 6.54. The van der Waals surface area contributed by atoms with Crippen molar-refractivity contribution in [1.82, 2.24) is 10.2 Å². The number of nitrogens with one attached hydrogen (secondary N) is 1. The van der Waals surface area contributed by atoms with E-state index in [4.69, 9.17) is 0 Å². The van der Waals surface area contributed by atoms with Crippen LogP contribution < -0.4 is 5.32 Å². The molecule has 0 bridgehead atoms. The van der Waals surface area contributed by atoms with Crippen molar-refractivity contribution in [2.24, 2.45) is 4.99 Å². The van der Waals surface area contributed by atoms with E-state index in [-0.39, 0.29) is 24.1 Å². The lowest BCUT2D eigenvalue weighted by molar-refractivity contribution is -0.130. The van der Waals surface area contributed by atoms with Crippen LogP contribution in [0.25, 0.3) is 0 Å². The Labute approximate surface area is 203 Å². The number of carbonyl (C=O) groups excluding carboxylic acids is 2. The molecule has 2 amide bonds. The summed E-state index contributed by atoms with van der Waals surface area (Å²) in [6.07, 6.45) is 1.50. The second-order valence-corrected chi connectivity index (χ2v) is 9.16. The van der Waals surface area contributed by atoms with Gasteiger partial charge in [-0.2, -0.15) is 0 Å². The fourth-order valence-corrected chi connectivity index (χ4v) is 4.81. The van der Waals surface area contributed by atoms with E-state index in [9.17, 15) is 14.0 Å². The summed E-state index contributed by atoms with van der Waals surface area (Å²) in [4.78, 5) is 32.2. The van der Waals surface area contributed by atoms with Crippen molar-refractivity contribution in [2.45, 2.75) is 24.5 Å². The standard InChI is InChI=1S/C27H26FN3O2S/c28-22-11-13-23(14-12-22)30-27-31(18-16-21-9-5-2-6-10-21)25(32)19-24(34-27)26(33)29-17-15-20-7-3-1-4-8-20/h1-14,24H,15-19H2,(H,29,33)/t24-/m0/s1. The molecular weight excluding hydrogens is 449 g/mol. The third-order valence-corrected chi connectivity index (χ3v) is 6.69. The molecule has 7 heteroatoms. The molecule has 0 aromatic heterocycles. The first-order chi connectivity index (χ1) is 16.6. The zero-order valence-electron chi connectivity index (χ0n) is 18.7. The molecule has 0 spiro atoms. The molecule has 3 aromatic rings.